The molecule has 4 rings (SSSR count). The van der Waals surface area contributed by atoms with Gasteiger partial charge in [-0.1, -0.05) is 24.3 Å². The van der Waals surface area contributed by atoms with E-state index in [1.54, 1.807) is 29.6 Å². The summed E-state index contributed by atoms with van der Waals surface area (Å²) in [6, 6.07) is 15.9. The van der Waals surface area contributed by atoms with E-state index >= 15 is 0 Å². The predicted molar refractivity (Wildman–Crippen MR) is 122 cm³/mol. The maximum atomic E-state index is 12.9. The van der Waals surface area contributed by atoms with Gasteiger partial charge in [-0.2, -0.15) is 13.2 Å². The van der Waals surface area contributed by atoms with Crippen LogP contribution in [-0.4, -0.2) is 47.8 Å². The number of amides is 4. The van der Waals surface area contributed by atoms with Gasteiger partial charge in [-0.05, 0) is 48.2 Å². The van der Waals surface area contributed by atoms with Crippen molar-refractivity contribution in [1.29, 1.82) is 0 Å². The summed E-state index contributed by atoms with van der Waals surface area (Å²) in [6.07, 6.45) is -4.25. The normalized spacial score (nSPS) is 13.2. The molecule has 1 aliphatic rings. The van der Waals surface area contributed by atoms with E-state index in [4.69, 9.17) is 0 Å². The van der Waals surface area contributed by atoms with Crippen molar-refractivity contribution in [1.82, 2.24) is 10.2 Å². The fourth-order valence-corrected chi connectivity index (χ4v) is 3.89. The third-order valence-corrected chi connectivity index (χ3v) is 5.52. The van der Waals surface area contributed by atoms with Crippen LogP contribution in [0.5, 0.6) is 0 Å². The number of halogens is 3. The summed E-state index contributed by atoms with van der Waals surface area (Å²) >= 11 is 0. The van der Waals surface area contributed by atoms with Crippen molar-refractivity contribution < 1.29 is 32.3 Å². The number of carbonyl (C=O) groups excluding carboxylic acids is 4. The minimum atomic E-state index is -4.51. The maximum absolute atomic E-state index is 12.9. The average Bonchev–Trinajstić information content (AvgIpc) is 2.83. The number of hydrogen-bond donors (Lipinski definition) is 2. The number of benzene rings is 3. The Morgan fingerprint density at radius 1 is 0.857 bits per heavy atom. The third kappa shape index (κ3) is 5.32. The Morgan fingerprint density at radius 2 is 1.46 bits per heavy atom. The monoisotopic (exact) mass is 483 g/mol. The third-order valence-electron chi connectivity index (χ3n) is 5.52. The van der Waals surface area contributed by atoms with Crippen molar-refractivity contribution in [2.75, 3.05) is 18.4 Å². The van der Waals surface area contributed by atoms with Gasteiger partial charge in [-0.3, -0.25) is 24.1 Å². The molecule has 35 heavy (non-hydrogen) atoms. The van der Waals surface area contributed by atoms with Crippen molar-refractivity contribution >= 4 is 40.1 Å². The van der Waals surface area contributed by atoms with Crippen molar-refractivity contribution in [3.8, 4) is 0 Å². The molecule has 4 amide bonds. The van der Waals surface area contributed by atoms with Gasteiger partial charge in [0.15, 0.2) is 0 Å². The Hall–Kier alpha value is -4.21. The molecule has 0 radical (unpaired) electrons. The number of anilines is 1. The van der Waals surface area contributed by atoms with Gasteiger partial charge in [0.05, 0.1) is 0 Å². The highest BCUT2D eigenvalue weighted by atomic mass is 19.4. The van der Waals surface area contributed by atoms with Crippen LogP contribution in [0.25, 0.3) is 10.8 Å². The van der Waals surface area contributed by atoms with Gasteiger partial charge in [0.25, 0.3) is 17.7 Å². The summed E-state index contributed by atoms with van der Waals surface area (Å²) < 4.78 is 36.6. The van der Waals surface area contributed by atoms with Crippen molar-refractivity contribution in [2.24, 2.45) is 0 Å². The van der Waals surface area contributed by atoms with Gasteiger partial charge in [0.2, 0.25) is 5.91 Å². The van der Waals surface area contributed by atoms with Crippen LogP contribution >= 0.6 is 0 Å². The van der Waals surface area contributed by atoms with Crippen molar-refractivity contribution in [3.63, 3.8) is 0 Å². The van der Waals surface area contributed by atoms with Gasteiger partial charge < -0.3 is 10.6 Å². The van der Waals surface area contributed by atoms with Crippen LogP contribution < -0.4 is 10.6 Å². The van der Waals surface area contributed by atoms with E-state index in [2.05, 4.69) is 5.32 Å². The molecule has 0 aromatic heterocycles. The molecule has 0 saturated heterocycles. The molecule has 0 spiro atoms. The number of alkyl halides is 3. The first-order valence-electron chi connectivity index (χ1n) is 10.8. The minimum absolute atomic E-state index is 0.0182. The molecule has 0 aliphatic carbocycles. The largest absolute Gasteiger partial charge is 0.405 e. The summed E-state index contributed by atoms with van der Waals surface area (Å²) in [5.74, 6) is -2.06. The summed E-state index contributed by atoms with van der Waals surface area (Å²) in [5, 5.41) is 5.83. The Labute approximate surface area is 197 Å². The van der Waals surface area contributed by atoms with E-state index in [0.717, 1.165) is 10.3 Å². The van der Waals surface area contributed by atoms with Gasteiger partial charge >= 0.3 is 6.18 Å². The SMILES string of the molecule is O=C(CCCN1C(=O)c2cccc3cccc(c23)C1=O)Nc1ccc(C(=O)NCC(F)(F)F)cc1. The van der Waals surface area contributed by atoms with E-state index in [9.17, 15) is 32.3 Å². The van der Waals surface area contributed by atoms with Gasteiger partial charge in [-0.25, -0.2) is 0 Å². The molecule has 10 heteroatoms. The summed E-state index contributed by atoms with van der Waals surface area (Å²) in [4.78, 5) is 50.9. The van der Waals surface area contributed by atoms with E-state index in [0.29, 0.717) is 22.2 Å². The number of carbonyl (C=O) groups is 4. The highest BCUT2D eigenvalue weighted by Crippen LogP contribution is 2.30. The summed E-state index contributed by atoms with van der Waals surface area (Å²) in [5.41, 5.74) is 1.26. The Morgan fingerprint density at radius 3 is 2.03 bits per heavy atom. The number of hydrogen-bond acceptors (Lipinski definition) is 4. The smallest absolute Gasteiger partial charge is 0.343 e. The van der Waals surface area contributed by atoms with E-state index < -0.39 is 30.4 Å². The fraction of sp³-hybridized carbons (Fsp3) is 0.200. The minimum Gasteiger partial charge on any atom is -0.343 e. The molecule has 1 aliphatic heterocycles. The van der Waals surface area contributed by atoms with Crippen molar-refractivity contribution in [2.45, 2.75) is 19.0 Å². The zero-order valence-corrected chi connectivity index (χ0v) is 18.3. The first-order valence-corrected chi connectivity index (χ1v) is 10.8. The van der Waals surface area contributed by atoms with E-state index in [1.807, 2.05) is 12.1 Å². The maximum Gasteiger partial charge on any atom is 0.405 e. The molecule has 0 saturated carbocycles. The molecule has 0 atom stereocenters. The van der Waals surface area contributed by atoms with E-state index in [1.165, 1.54) is 24.3 Å². The zero-order chi connectivity index (χ0) is 25.2. The van der Waals surface area contributed by atoms with Gasteiger partial charge in [-0.15, -0.1) is 0 Å². The Balaban J connectivity index is 1.31. The van der Waals surface area contributed by atoms with Crippen LogP contribution in [-0.2, 0) is 4.79 Å². The molecule has 0 fully saturated rings. The Kier molecular flexibility index (Phi) is 6.54. The molecule has 180 valence electrons. The molecular weight excluding hydrogens is 463 g/mol. The lowest BCUT2D eigenvalue weighted by molar-refractivity contribution is -0.123. The highest BCUT2D eigenvalue weighted by Gasteiger charge is 2.32. The van der Waals surface area contributed by atoms with Crippen LogP contribution in [0.3, 0.4) is 0 Å². The van der Waals surface area contributed by atoms with E-state index in [-0.39, 0.29) is 30.9 Å². The van der Waals surface area contributed by atoms with Crippen LogP contribution in [0.1, 0.15) is 43.9 Å². The quantitative estimate of drug-likeness (QED) is 0.494. The molecule has 3 aromatic carbocycles. The molecule has 7 nitrogen and oxygen atoms in total. The first-order chi connectivity index (χ1) is 16.6. The van der Waals surface area contributed by atoms with Crippen LogP contribution in [0.15, 0.2) is 60.7 Å². The van der Waals surface area contributed by atoms with Crippen molar-refractivity contribution in [3.05, 3.63) is 77.4 Å². The number of nitrogens with zero attached hydrogens (tertiary/aromatic N) is 1. The zero-order valence-electron chi connectivity index (χ0n) is 18.3. The number of imide groups is 1. The highest BCUT2D eigenvalue weighted by molar-refractivity contribution is 6.25. The number of rotatable bonds is 7. The van der Waals surface area contributed by atoms with Gasteiger partial charge in [0.1, 0.15) is 6.54 Å². The van der Waals surface area contributed by atoms with Crippen LogP contribution in [0, 0.1) is 0 Å². The average molecular weight is 483 g/mol. The summed E-state index contributed by atoms with van der Waals surface area (Å²) in [7, 11) is 0. The second-order valence-corrected chi connectivity index (χ2v) is 8.00. The standard InChI is InChI=1S/C25H20F3N3O4/c26-25(27,28)14-29-22(33)16-9-11-17(12-10-16)30-20(32)8-3-13-31-23(34)18-6-1-4-15-5-2-7-19(21(15)18)24(31)35/h1-2,4-7,9-12H,3,8,13-14H2,(H,29,33)(H,30,32). The topological polar surface area (TPSA) is 95.6 Å². The molecule has 3 aromatic rings. The number of nitrogens with one attached hydrogen (secondary N) is 2. The second-order valence-electron chi connectivity index (χ2n) is 8.00. The molecular formula is C25H20F3N3O4. The first kappa shape index (κ1) is 23.9. The second kappa shape index (κ2) is 9.57. The lowest BCUT2D eigenvalue weighted by Gasteiger charge is -2.27. The Bertz CT molecular complexity index is 1270. The predicted octanol–water partition coefficient (Wildman–Crippen LogP) is 4.15. The lowest BCUT2D eigenvalue weighted by atomic mass is 9.94. The van der Waals surface area contributed by atoms with Crippen LogP contribution in [0.2, 0.25) is 0 Å². The van der Waals surface area contributed by atoms with Gasteiger partial charge in [0, 0.05) is 40.7 Å². The lowest BCUT2D eigenvalue weighted by Crippen LogP contribution is -2.41. The molecule has 2 N–H and O–H groups in total. The molecule has 0 unspecified atom stereocenters. The fourth-order valence-electron chi connectivity index (χ4n) is 3.89. The summed E-state index contributed by atoms with van der Waals surface area (Å²) in [6.45, 7) is -1.37. The molecule has 1 heterocycles. The van der Waals surface area contributed by atoms with Crippen LogP contribution in [0.4, 0.5) is 18.9 Å². The molecule has 0 bridgehead atoms.